The lowest BCUT2D eigenvalue weighted by Crippen LogP contribution is -2.32. The van der Waals surface area contributed by atoms with E-state index in [1.165, 1.54) is 19.2 Å². The Bertz CT molecular complexity index is 409. The van der Waals surface area contributed by atoms with Crippen molar-refractivity contribution in [2.24, 2.45) is 22.5 Å². The third-order valence-corrected chi connectivity index (χ3v) is 3.10. The monoisotopic (exact) mass is 311 g/mol. The molecular weight excluding hydrogens is 278 g/mol. The fourth-order valence-electron chi connectivity index (χ4n) is 1.77. The average molecular weight is 311 g/mol. The molecule has 0 saturated carbocycles. The van der Waals surface area contributed by atoms with Gasteiger partial charge in [-0.3, -0.25) is 9.59 Å². The number of hydrogen-bond donors (Lipinski definition) is 2. The summed E-state index contributed by atoms with van der Waals surface area (Å²) < 4.78 is 0. The molecule has 0 amide bonds. The Morgan fingerprint density at radius 1 is 1.09 bits per heavy atom. The molecule has 0 bridgehead atoms. The van der Waals surface area contributed by atoms with E-state index < -0.39 is 12.0 Å². The van der Waals surface area contributed by atoms with Gasteiger partial charge < -0.3 is 10.8 Å². The Morgan fingerprint density at radius 3 is 1.86 bits per heavy atom. The Hall–Kier alpha value is -1.26. The summed E-state index contributed by atoms with van der Waals surface area (Å²) in [6.45, 7) is 13.4. The lowest BCUT2D eigenvalue weighted by Gasteiger charge is -2.29. The number of carbonyl (C=O) groups excluding carboxylic acids is 2. The molecule has 0 spiro atoms. The first-order chi connectivity index (χ1) is 9.90. The van der Waals surface area contributed by atoms with Crippen LogP contribution in [0.1, 0.15) is 48.5 Å². The van der Waals surface area contributed by atoms with Crippen LogP contribution in [0.4, 0.5) is 0 Å². The fraction of sp³-hybridized carbons (Fsp3) is 0.667. The van der Waals surface area contributed by atoms with Crippen LogP contribution in [0, 0.1) is 16.7 Å². The van der Waals surface area contributed by atoms with Gasteiger partial charge in [0.1, 0.15) is 6.29 Å². The van der Waals surface area contributed by atoms with Gasteiger partial charge in [0, 0.05) is 5.92 Å². The predicted molar refractivity (Wildman–Crippen MR) is 92.5 cm³/mol. The van der Waals surface area contributed by atoms with E-state index >= 15 is 0 Å². The second kappa shape index (κ2) is 9.70. The second-order valence-corrected chi connectivity index (χ2v) is 7.34. The number of ketones is 1. The summed E-state index contributed by atoms with van der Waals surface area (Å²) in [6.07, 6.45) is 4.43. The molecule has 0 aliphatic heterocycles. The van der Waals surface area contributed by atoms with Crippen LogP contribution < -0.4 is 5.73 Å². The summed E-state index contributed by atoms with van der Waals surface area (Å²) in [5.41, 5.74) is 4.64. The van der Waals surface area contributed by atoms with Gasteiger partial charge in [0.2, 0.25) is 0 Å². The summed E-state index contributed by atoms with van der Waals surface area (Å²) in [7, 11) is 1.50. The maximum atomic E-state index is 12.1. The van der Waals surface area contributed by atoms with Crippen molar-refractivity contribution < 1.29 is 14.7 Å². The molecule has 0 heterocycles. The second-order valence-electron chi connectivity index (χ2n) is 7.34. The summed E-state index contributed by atoms with van der Waals surface area (Å²) in [5, 5.41) is 10.4. The first-order valence-corrected chi connectivity index (χ1v) is 7.55. The number of aldehydes is 1. The van der Waals surface area contributed by atoms with Crippen molar-refractivity contribution in [3.8, 4) is 0 Å². The van der Waals surface area contributed by atoms with Crippen molar-refractivity contribution in [2.45, 2.75) is 54.6 Å². The van der Waals surface area contributed by atoms with Crippen LogP contribution in [0.5, 0.6) is 0 Å². The zero-order chi connectivity index (χ0) is 18.1. The summed E-state index contributed by atoms with van der Waals surface area (Å²) in [6, 6.07) is 0. The van der Waals surface area contributed by atoms with Crippen molar-refractivity contribution in [1.29, 1.82) is 0 Å². The fourth-order valence-corrected chi connectivity index (χ4v) is 1.77. The smallest absolute Gasteiger partial charge is 0.161 e. The van der Waals surface area contributed by atoms with Crippen molar-refractivity contribution >= 4 is 12.1 Å². The molecule has 0 aromatic carbocycles. The maximum absolute atomic E-state index is 12.1. The van der Waals surface area contributed by atoms with E-state index in [9.17, 15) is 14.7 Å². The topological polar surface area (TPSA) is 80.4 Å². The molecule has 0 radical (unpaired) electrons. The number of rotatable bonds is 5. The molecule has 0 saturated heterocycles. The van der Waals surface area contributed by atoms with Gasteiger partial charge in [-0.1, -0.05) is 54.5 Å². The van der Waals surface area contributed by atoms with Gasteiger partial charge in [-0.25, -0.2) is 0 Å². The molecule has 0 rings (SSSR count). The molecule has 4 heteroatoms. The first-order valence-electron chi connectivity index (χ1n) is 7.55. The minimum absolute atomic E-state index is 0.0776. The van der Waals surface area contributed by atoms with Gasteiger partial charge in [-0.05, 0) is 35.6 Å². The molecule has 0 aromatic heterocycles. The summed E-state index contributed by atoms with van der Waals surface area (Å²) in [4.78, 5) is 22.8. The lowest BCUT2D eigenvalue weighted by atomic mass is 9.78. The van der Waals surface area contributed by atoms with Crippen LogP contribution >= 0.6 is 0 Å². The van der Waals surface area contributed by atoms with Gasteiger partial charge in [-0.15, -0.1) is 0 Å². The number of allylic oxidation sites excluding steroid dienone is 3. The summed E-state index contributed by atoms with van der Waals surface area (Å²) >= 11 is 0. The van der Waals surface area contributed by atoms with E-state index in [0.717, 1.165) is 0 Å². The van der Waals surface area contributed by atoms with E-state index in [2.05, 4.69) is 5.73 Å². The van der Waals surface area contributed by atoms with E-state index in [-0.39, 0.29) is 16.6 Å². The van der Waals surface area contributed by atoms with Gasteiger partial charge in [0.25, 0.3) is 0 Å². The van der Waals surface area contributed by atoms with Crippen molar-refractivity contribution in [1.82, 2.24) is 0 Å². The zero-order valence-corrected chi connectivity index (χ0v) is 15.3. The van der Waals surface area contributed by atoms with Crippen LogP contribution in [0.15, 0.2) is 23.8 Å². The third-order valence-electron chi connectivity index (χ3n) is 3.10. The van der Waals surface area contributed by atoms with Crippen LogP contribution in [0.25, 0.3) is 0 Å². The SMILES string of the molecule is CN.C[C@@H](C(=O)/C=C/C(C)(C)C)C(O)/C(=C\C=O)C(C)(C)C. The number of aliphatic hydroxyl groups excluding tert-OH is 1. The normalized spacial score (nSPS) is 15.8. The molecule has 22 heavy (non-hydrogen) atoms. The molecule has 0 aliphatic rings. The highest BCUT2D eigenvalue weighted by Gasteiger charge is 2.30. The molecule has 4 nitrogen and oxygen atoms in total. The molecule has 0 fully saturated rings. The Morgan fingerprint density at radius 2 is 1.55 bits per heavy atom. The zero-order valence-electron chi connectivity index (χ0n) is 15.3. The molecule has 1 unspecified atom stereocenters. The number of carbonyl (C=O) groups is 2. The molecule has 0 aromatic rings. The average Bonchev–Trinajstić information content (AvgIpc) is 2.40. The van der Waals surface area contributed by atoms with E-state index in [1.54, 1.807) is 6.92 Å². The molecular formula is C18H33NO3. The highest BCUT2D eigenvalue weighted by Crippen LogP contribution is 2.31. The standard InChI is InChI=1S/C17H28O3.CH5N/c1-12(14(19)8-10-16(2,3)4)15(20)13(9-11-18)17(5,6)7;1-2/h8-12,15,20H,1-7H3;2H2,1H3/b10-8+,13-9+;/t12-,15?;/m0./s1. The van der Waals surface area contributed by atoms with Gasteiger partial charge in [0.15, 0.2) is 5.78 Å². The van der Waals surface area contributed by atoms with E-state index in [1.807, 2.05) is 47.6 Å². The molecule has 128 valence electrons. The van der Waals surface area contributed by atoms with Crippen LogP contribution in [0.2, 0.25) is 0 Å². The first kappa shape index (κ1) is 23.0. The molecule has 3 N–H and O–H groups in total. The Balaban J connectivity index is 0. The Kier molecular flexibility index (Phi) is 10.1. The largest absolute Gasteiger partial charge is 0.388 e. The van der Waals surface area contributed by atoms with Crippen LogP contribution in [-0.2, 0) is 9.59 Å². The highest BCUT2D eigenvalue weighted by atomic mass is 16.3. The number of nitrogens with two attached hydrogens (primary N) is 1. The van der Waals surface area contributed by atoms with Gasteiger partial charge >= 0.3 is 0 Å². The Labute approximate surface area is 135 Å². The minimum Gasteiger partial charge on any atom is -0.388 e. The van der Waals surface area contributed by atoms with E-state index in [4.69, 9.17) is 0 Å². The van der Waals surface area contributed by atoms with Crippen molar-refractivity contribution in [3.63, 3.8) is 0 Å². The number of hydrogen-bond acceptors (Lipinski definition) is 4. The predicted octanol–water partition coefficient (Wildman–Crippen LogP) is 2.90. The van der Waals surface area contributed by atoms with E-state index in [0.29, 0.717) is 11.9 Å². The minimum atomic E-state index is -0.947. The van der Waals surface area contributed by atoms with Gasteiger partial charge in [0.05, 0.1) is 6.10 Å². The highest BCUT2D eigenvalue weighted by molar-refractivity contribution is 5.92. The van der Waals surface area contributed by atoms with Crippen molar-refractivity contribution in [2.75, 3.05) is 7.05 Å². The third kappa shape index (κ3) is 8.90. The van der Waals surface area contributed by atoms with Gasteiger partial charge in [-0.2, -0.15) is 0 Å². The lowest BCUT2D eigenvalue weighted by molar-refractivity contribution is -0.120. The summed E-state index contributed by atoms with van der Waals surface area (Å²) in [5.74, 6) is -0.701. The number of aliphatic hydroxyl groups is 1. The van der Waals surface area contributed by atoms with Crippen LogP contribution in [0.3, 0.4) is 0 Å². The van der Waals surface area contributed by atoms with Crippen molar-refractivity contribution in [3.05, 3.63) is 23.8 Å². The quantitative estimate of drug-likeness (QED) is 0.604. The maximum Gasteiger partial charge on any atom is 0.161 e. The van der Waals surface area contributed by atoms with Crippen LogP contribution in [-0.4, -0.2) is 30.3 Å². The molecule has 2 atom stereocenters. The molecule has 0 aliphatic carbocycles.